The maximum absolute atomic E-state index is 10.8. The summed E-state index contributed by atoms with van der Waals surface area (Å²) in [6, 6.07) is 7.71. The molecule has 14 heavy (non-hydrogen) atoms. The Morgan fingerprint density at radius 2 is 2.00 bits per heavy atom. The summed E-state index contributed by atoms with van der Waals surface area (Å²) in [5, 5.41) is 3.97. The molecule has 0 aliphatic carbocycles. The van der Waals surface area contributed by atoms with E-state index in [1.54, 1.807) is 6.26 Å². The zero-order valence-corrected chi connectivity index (χ0v) is 9.70. The van der Waals surface area contributed by atoms with Crippen LogP contribution < -0.4 is 5.32 Å². The van der Waals surface area contributed by atoms with Crippen LogP contribution in [0, 0.1) is 0 Å². The second kappa shape index (κ2) is 6.17. The topological polar surface area (TPSA) is 29.1 Å². The molecule has 0 radical (unpaired) electrons. The second-order valence-corrected chi connectivity index (χ2v) is 5.07. The first-order chi connectivity index (χ1) is 6.68. The molecule has 0 heterocycles. The lowest BCUT2D eigenvalue weighted by atomic mass is 10.2. The number of hydrogen-bond donors (Lipinski definition) is 1. The maximum atomic E-state index is 10.8. The van der Waals surface area contributed by atoms with Crippen LogP contribution in [0.2, 0.25) is 5.02 Å². The Labute approximate surface area is 92.1 Å². The third kappa shape index (κ3) is 4.74. The number of hydrogen-bond acceptors (Lipinski definition) is 2. The molecule has 0 spiro atoms. The number of rotatable bonds is 5. The molecule has 0 bridgehead atoms. The Morgan fingerprint density at radius 1 is 1.36 bits per heavy atom. The highest BCUT2D eigenvalue weighted by molar-refractivity contribution is 7.84. The molecular weight excluding hydrogens is 218 g/mol. The van der Waals surface area contributed by atoms with Crippen LogP contribution in [0.3, 0.4) is 0 Å². The van der Waals surface area contributed by atoms with E-state index in [0.29, 0.717) is 5.75 Å². The van der Waals surface area contributed by atoms with Crippen molar-refractivity contribution in [3.05, 3.63) is 34.9 Å². The molecule has 0 amide bonds. The molecule has 0 saturated heterocycles. The highest BCUT2D eigenvalue weighted by Gasteiger charge is 1.93. The Hall–Kier alpha value is -0.380. The molecule has 78 valence electrons. The molecule has 1 atom stereocenters. The second-order valence-electron chi connectivity index (χ2n) is 3.08. The SMILES string of the molecule is C[S@@](=O)CCNCc1ccc(Cl)cc1. The van der Waals surface area contributed by atoms with E-state index in [2.05, 4.69) is 5.32 Å². The average Bonchev–Trinajstić information content (AvgIpc) is 2.15. The zero-order chi connectivity index (χ0) is 10.4. The van der Waals surface area contributed by atoms with Crippen LogP contribution in [0.5, 0.6) is 0 Å². The molecule has 1 rings (SSSR count). The summed E-state index contributed by atoms with van der Waals surface area (Å²) in [4.78, 5) is 0. The van der Waals surface area contributed by atoms with Crippen LogP contribution in [-0.4, -0.2) is 22.8 Å². The average molecular weight is 232 g/mol. The fraction of sp³-hybridized carbons (Fsp3) is 0.400. The standard InChI is InChI=1S/C10H14ClNOS/c1-14(13)7-6-12-8-9-2-4-10(11)5-3-9/h2-5,12H,6-8H2,1H3/t14-/m1/s1. The van der Waals surface area contributed by atoms with Gasteiger partial charge in [-0.15, -0.1) is 0 Å². The smallest absolute Gasteiger partial charge is 0.0406 e. The molecule has 0 aliphatic rings. The summed E-state index contributed by atoms with van der Waals surface area (Å²) in [5.74, 6) is 0.702. The van der Waals surface area contributed by atoms with Crippen LogP contribution in [0.15, 0.2) is 24.3 Å². The van der Waals surface area contributed by atoms with Gasteiger partial charge in [0.2, 0.25) is 0 Å². The molecule has 2 nitrogen and oxygen atoms in total. The number of nitrogens with one attached hydrogen (secondary N) is 1. The Morgan fingerprint density at radius 3 is 2.57 bits per heavy atom. The van der Waals surface area contributed by atoms with E-state index < -0.39 is 10.8 Å². The fourth-order valence-corrected chi connectivity index (χ4v) is 1.61. The summed E-state index contributed by atoms with van der Waals surface area (Å²) in [6.45, 7) is 1.58. The lowest BCUT2D eigenvalue weighted by Crippen LogP contribution is -2.19. The molecule has 1 aromatic rings. The lowest BCUT2D eigenvalue weighted by molar-refractivity contribution is 0.676. The third-order valence-corrected chi connectivity index (χ3v) is 2.84. The zero-order valence-electron chi connectivity index (χ0n) is 8.13. The summed E-state index contributed by atoms with van der Waals surface area (Å²) in [5.41, 5.74) is 1.19. The summed E-state index contributed by atoms with van der Waals surface area (Å²) >= 11 is 5.75. The maximum Gasteiger partial charge on any atom is 0.0406 e. The molecule has 0 unspecified atom stereocenters. The van der Waals surface area contributed by atoms with Gasteiger partial charge in [0.05, 0.1) is 0 Å². The molecule has 1 aromatic carbocycles. The molecule has 4 heteroatoms. The Bertz CT molecular complexity index is 299. The van der Waals surface area contributed by atoms with Gasteiger partial charge < -0.3 is 5.32 Å². The Balaban J connectivity index is 2.25. The number of halogens is 1. The minimum absolute atomic E-state index is 0.702. The normalized spacial score (nSPS) is 12.7. The Kier molecular flexibility index (Phi) is 5.15. The van der Waals surface area contributed by atoms with Gasteiger partial charge in [0.25, 0.3) is 0 Å². The van der Waals surface area contributed by atoms with E-state index in [9.17, 15) is 4.21 Å². The lowest BCUT2D eigenvalue weighted by Gasteiger charge is -2.03. The van der Waals surface area contributed by atoms with Gasteiger partial charge in [-0.3, -0.25) is 4.21 Å². The van der Waals surface area contributed by atoms with E-state index in [1.807, 2.05) is 24.3 Å². The van der Waals surface area contributed by atoms with Gasteiger partial charge in [0.1, 0.15) is 0 Å². The minimum atomic E-state index is -0.711. The van der Waals surface area contributed by atoms with Gasteiger partial charge >= 0.3 is 0 Å². The van der Waals surface area contributed by atoms with Crippen LogP contribution in [0.4, 0.5) is 0 Å². The molecule has 0 aliphatic heterocycles. The largest absolute Gasteiger partial charge is 0.312 e. The van der Waals surface area contributed by atoms with Crippen LogP contribution in [0.25, 0.3) is 0 Å². The van der Waals surface area contributed by atoms with Gasteiger partial charge in [-0.1, -0.05) is 23.7 Å². The molecule has 0 aromatic heterocycles. The van der Waals surface area contributed by atoms with E-state index in [-0.39, 0.29) is 0 Å². The van der Waals surface area contributed by atoms with E-state index >= 15 is 0 Å². The van der Waals surface area contributed by atoms with Gasteiger partial charge in [0.15, 0.2) is 0 Å². The van der Waals surface area contributed by atoms with Gasteiger partial charge in [-0.2, -0.15) is 0 Å². The van der Waals surface area contributed by atoms with E-state index in [0.717, 1.165) is 18.1 Å². The van der Waals surface area contributed by atoms with Crippen LogP contribution in [-0.2, 0) is 17.3 Å². The summed E-state index contributed by atoms with van der Waals surface area (Å²) in [6.07, 6.45) is 1.71. The van der Waals surface area contributed by atoms with Crippen molar-refractivity contribution in [1.29, 1.82) is 0 Å². The molecule has 0 fully saturated rings. The van der Waals surface area contributed by atoms with Crippen molar-refractivity contribution in [3.8, 4) is 0 Å². The number of benzene rings is 1. The van der Waals surface area contributed by atoms with Crippen molar-refractivity contribution >= 4 is 22.4 Å². The van der Waals surface area contributed by atoms with Crippen LogP contribution >= 0.6 is 11.6 Å². The minimum Gasteiger partial charge on any atom is -0.312 e. The monoisotopic (exact) mass is 231 g/mol. The first-order valence-electron chi connectivity index (χ1n) is 4.43. The van der Waals surface area contributed by atoms with Crippen molar-refractivity contribution in [2.24, 2.45) is 0 Å². The van der Waals surface area contributed by atoms with E-state index in [4.69, 9.17) is 11.6 Å². The molecular formula is C10H14ClNOS. The van der Waals surface area contributed by atoms with Gasteiger partial charge in [-0.05, 0) is 17.7 Å². The predicted octanol–water partition coefficient (Wildman–Crippen LogP) is 1.81. The van der Waals surface area contributed by atoms with E-state index in [1.165, 1.54) is 5.56 Å². The summed E-state index contributed by atoms with van der Waals surface area (Å²) < 4.78 is 10.8. The molecule has 0 saturated carbocycles. The van der Waals surface area contributed by atoms with Gasteiger partial charge in [0, 0.05) is 40.9 Å². The predicted molar refractivity (Wildman–Crippen MR) is 62.1 cm³/mol. The van der Waals surface area contributed by atoms with Gasteiger partial charge in [-0.25, -0.2) is 0 Å². The first kappa shape index (κ1) is 11.7. The molecule has 1 N–H and O–H groups in total. The highest BCUT2D eigenvalue weighted by atomic mass is 35.5. The highest BCUT2D eigenvalue weighted by Crippen LogP contribution is 2.08. The fourth-order valence-electron chi connectivity index (χ4n) is 1.05. The van der Waals surface area contributed by atoms with Crippen molar-refractivity contribution in [2.75, 3.05) is 18.6 Å². The van der Waals surface area contributed by atoms with Crippen molar-refractivity contribution in [2.45, 2.75) is 6.54 Å². The third-order valence-electron chi connectivity index (χ3n) is 1.81. The van der Waals surface area contributed by atoms with Crippen molar-refractivity contribution in [1.82, 2.24) is 5.32 Å². The van der Waals surface area contributed by atoms with Crippen LogP contribution in [0.1, 0.15) is 5.56 Å². The first-order valence-corrected chi connectivity index (χ1v) is 6.54. The van der Waals surface area contributed by atoms with Crippen molar-refractivity contribution in [3.63, 3.8) is 0 Å². The van der Waals surface area contributed by atoms with Crippen molar-refractivity contribution < 1.29 is 4.21 Å². The quantitative estimate of drug-likeness (QED) is 0.784. The summed E-state index contributed by atoms with van der Waals surface area (Å²) in [7, 11) is -0.711.